The zero-order valence-electron chi connectivity index (χ0n) is 16.7. The van der Waals surface area contributed by atoms with Gasteiger partial charge in [-0.2, -0.15) is 5.26 Å². The molecule has 160 valence electrons. The lowest BCUT2D eigenvalue weighted by atomic mass is 10.2. The Morgan fingerprint density at radius 3 is 2.77 bits per heavy atom. The van der Waals surface area contributed by atoms with Crippen molar-refractivity contribution in [1.82, 2.24) is 4.72 Å². The molecule has 2 N–H and O–H groups in total. The monoisotopic (exact) mass is 440 g/mol. The van der Waals surface area contributed by atoms with Crippen LogP contribution >= 0.6 is 0 Å². The normalized spacial score (nSPS) is 15.9. The van der Waals surface area contributed by atoms with Crippen molar-refractivity contribution in [2.75, 3.05) is 11.9 Å². The molecule has 9 nitrogen and oxygen atoms in total. The molecular formula is C21H20N4O5S. The number of carbonyl (C=O) groups is 2. The highest BCUT2D eigenvalue weighted by molar-refractivity contribution is 7.90. The molecule has 0 fully saturated rings. The van der Waals surface area contributed by atoms with Crippen LogP contribution in [0, 0.1) is 11.3 Å². The SMILES string of the molecule is C[C@H](OC(=O)CCCN=C1NS(=O)(=O)c2ccccc21)C(=O)Nc1cccc(C#N)c1. The van der Waals surface area contributed by atoms with Crippen LogP contribution in [0.25, 0.3) is 0 Å². The van der Waals surface area contributed by atoms with E-state index >= 15 is 0 Å². The lowest BCUT2D eigenvalue weighted by Gasteiger charge is -2.13. The highest BCUT2D eigenvalue weighted by atomic mass is 32.2. The Hall–Kier alpha value is -3.71. The molecule has 1 aliphatic rings. The maximum absolute atomic E-state index is 12.2. The van der Waals surface area contributed by atoms with Crippen LogP contribution in [0.3, 0.4) is 0 Å². The zero-order chi connectivity index (χ0) is 22.4. The van der Waals surface area contributed by atoms with Gasteiger partial charge in [-0.25, -0.2) is 8.42 Å². The standard InChI is InChI=1S/C21H20N4O5S/c1-14(21(27)24-16-7-4-6-15(12-16)13-22)30-19(26)10-5-11-23-20-17-8-2-3-9-18(17)31(28,29)25-20/h2-4,6-9,12,14H,5,10-11H2,1H3,(H,23,25)(H,24,27)/t14-/m0/s1. The van der Waals surface area contributed by atoms with Crippen molar-refractivity contribution in [2.24, 2.45) is 4.99 Å². The Labute approximate surface area is 179 Å². The molecular weight excluding hydrogens is 420 g/mol. The molecule has 2 aromatic rings. The first-order valence-electron chi connectivity index (χ1n) is 9.47. The molecule has 0 bridgehead atoms. The third-order valence-corrected chi connectivity index (χ3v) is 5.81. The van der Waals surface area contributed by atoms with Crippen molar-refractivity contribution in [3.05, 3.63) is 59.7 Å². The van der Waals surface area contributed by atoms with Gasteiger partial charge in [0.05, 0.1) is 16.5 Å². The Bertz CT molecular complexity index is 1180. The van der Waals surface area contributed by atoms with E-state index in [1.54, 1.807) is 36.4 Å². The molecule has 1 aliphatic heterocycles. The molecule has 31 heavy (non-hydrogen) atoms. The van der Waals surface area contributed by atoms with E-state index in [0.717, 1.165) is 0 Å². The van der Waals surface area contributed by atoms with E-state index in [1.807, 2.05) is 6.07 Å². The minimum atomic E-state index is -3.60. The van der Waals surface area contributed by atoms with Crippen molar-refractivity contribution in [3.63, 3.8) is 0 Å². The number of nitriles is 1. The van der Waals surface area contributed by atoms with E-state index in [4.69, 9.17) is 10.00 Å². The molecule has 0 spiro atoms. The Kier molecular flexibility index (Phi) is 6.67. The van der Waals surface area contributed by atoms with Crippen molar-refractivity contribution in [1.29, 1.82) is 5.26 Å². The maximum atomic E-state index is 12.2. The number of nitrogens with zero attached hydrogens (tertiary/aromatic N) is 2. The van der Waals surface area contributed by atoms with Gasteiger partial charge in [0.15, 0.2) is 6.10 Å². The lowest BCUT2D eigenvalue weighted by Crippen LogP contribution is -2.30. The number of amidine groups is 1. The van der Waals surface area contributed by atoms with Crippen molar-refractivity contribution < 1.29 is 22.7 Å². The van der Waals surface area contributed by atoms with E-state index in [0.29, 0.717) is 23.2 Å². The molecule has 0 saturated carbocycles. The number of amides is 1. The summed E-state index contributed by atoms with van der Waals surface area (Å²) in [5.41, 5.74) is 1.33. The zero-order valence-corrected chi connectivity index (χ0v) is 17.5. The molecule has 2 aromatic carbocycles. The fourth-order valence-electron chi connectivity index (χ4n) is 2.89. The number of anilines is 1. The number of hydrogen-bond donors (Lipinski definition) is 2. The number of esters is 1. The number of fused-ring (bicyclic) bond motifs is 1. The van der Waals surface area contributed by atoms with Crippen LogP contribution in [0.1, 0.15) is 30.9 Å². The van der Waals surface area contributed by atoms with Crippen LogP contribution in [0.4, 0.5) is 5.69 Å². The third kappa shape index (κ3) is 5.46. The second-order valence-corrected chi connectivity index (χ2v) is 8.40. The third-order valence-electron chi connectivity index (χ3n) is 4.41. The van der Waals surface area contributed by atoms with Crippen molar-refractivity contribution >= 4 is 33.4 Å². The molecule has 0 radical (unpaired) electrons. The van der Waals surface area contributed by atoms with Gasteiger partial charge in [-0.05, 0) is 43.7 Å². The fourth-order valence-corrected chi connectivity index (χ4v) is 4.14. The summed E-state index contributed by atoms with van der Waals surface area (Å²) in [5, 5.41) is 11.5. The van der Waals surface area contributed by atoms with Crippen LogP contribution in [-0.2, 0) is 24.3 Å². The summed E-state index contributed by atoms with van der Waals surface area (Å²) >= 11 is 0. The van der Waals surface area contributed by atoms with Crippen molar-refractivity contribution in [3.8, 4) is 6.07 Å². The summed E-state index contributed by atoms with van der Waals surface area (Å²) < 4.78 is 31.6. The molecule has 10 heteroatoms. The smallest absolute Gasteiger partial charge is 0.306 e. The molecule has 0 unspecified atom stereocenters. The average molecular weight is 440 g/mol. The first kappa shape index (κ1) is 22.0. The van der Waals surface area contributed by atoms with Gasteiger partial charge in [-0.3, -0.25) is 19.3 Å². The second kappa shape index (κ2) is 9.40. The summed E-state index contributed by atoms with van der Waals surface area (Å²) in [6.45, 7) is 1.66. The lowest BCUT2D eigenvalue weighted by molar-refractivity contribution is -0.153. The first-order valence-corrected chi connectivity index (χ1v) is 11.0. The largest absolute Gasteiger partial charge is 0.453 e. The average Bonchev–Trinajstić information content (AvgIpc) is 3.01. The Balaban J connectivity index is 1.47. The quantitative estimate of drug-likeness (QED) is 0.499. The number of sulfonamides is 1. The minimum Gasteiger partial charge on any atom is -0.453 e. The molecule has 3 rings (SSSR count). The molecule has 1 atom stereocenters. The number of carbonyl (C=O) groups excluding carboxylic acids is 2. The predicted molar refractivity (Wildman–Crippen MR) is 113 cm³/mol. The molecule has 0 aromatic heterocycles. The minimum absolute atomic E-state index is 0.0205. The summed E-state index contributed by atoms with van der Waals surface area (Å²) in [7, 11) is -3.60. The van der Waals surface area contributed by atoms with E-state index < -0.39 is 28.0 Å². The molecule has 0 aliphatic carbocycles. The van der Waals surface area contributed by atoms with Gasteiger partial charge in [0.1, 0.15) is 5.84 Å². The van der Waals surface area contributed by atoms with Gasteiger partial charge in [-0.1, -0.05) is 18.2 Å². The van der Waals surface area contributed by atoms with E-state index in [-0.39, 0.29) is 23.7 Å². The maximum Gasteiger partial charge on any atom is 0.306 e. The number of rotatable bonds is 7. The second-order valence-electron chi connectivity index (χ2n) is 6.75. The highest BCUT2D eigenvalue weighted by Crippen LogP contribution is 2.22. The van der Waals surface area contributed by atoms with Crippen LogP contribution < -0.4 is 10.0 Å². The Morgan fingerprint density at radius 1 is 1.23 bits per heavy atom. The van der Waals surface area contributed by atoms with Crippen LogP contribution in [-0.4, -0.2) is 38.8 Å². The fraction of sp³-hybridized carbons (Fsp3) is 0.238. The summed E-state index contributed by atoms with van der Waals surface area (Å²) in [6, 6.07) is 14.9. The molecule has 1 heterocycles. The Morgan fingerprint density at radius 2 is 2.00 bits per heavy atom. The van der Waals surface area contributed by atoms with E-state index in [9.17, 15) is 18.0 Å². The van der Waals surface area contributed by atoms with Gasteiger partial charge >= 0.3 is 5.97 Å². The molecule has 0 saturated heterocycles. The van der Waals surface area contributed by atoms with Gasteiger partial charge in [0.25, 0.3) is 15.9 Å². The van der Waals surface area contributed by atoms with Crippen LogP contribution in [0.5, 0.6) is 0 Å². The number of nitrogens with one attached hydrogen (secondary N) is 2. The van der Waals surface area contributed by atoms with Gasteiger partial charge in [0.2, 0.25) is 0 Å². The topological polar surface area (TPSA) is 138 Å². The van der Waals surface area contributed by atoms with Gasteiger partial charge < -0.3 is 10.1 Å². The van der Waals surface area contributed by atoms with Crippen LogP contribution in [0.2, 0.25) is 0 Å². The van der Waals surface area contributed by atoms with Crippen LogP contribution in [0.15, 0.2) is 58.4 Å². The van der Waals surface area contributed by atoms with Gasteiger partial charge in [0, 0.05) is 24.2 Å². The predicted octanol–water partition coefficient (Wildman–Crippen LogP) is 1.95. The van der Waals surface area contributed by atoms with Crippen molar-refractivity contribution in [2.45, 2.75) is 30.8 Å². The first-order chi connectivity index (χ1) is 14.8. The summed E-state index contributed by atoms with van der Waals surface area (Å²) in [6.07, 6.45) is -0.671. The summed E-state index contributed by atoms with van der Waals surface area (Å²) in [5.74, 6) is -0.835. The van der Waals surface area contributed by atoms with Gasteiger partial charge in [-0.15, -0.1) is 0 Å². The van der Waals surface area contributed by atoms with E-state index in [1.165, 1.54) is 19.1 Å². The number of hydrogen-bond acceptors (Lipinski definition) is 7. The number of aliphatic imine (C=N–C) groups is 1. The summed E-state index contributed by atoms with van der Waals surface area (Å²) in [4.78, 5) is 28.6. The van der Waals surface area contributed by atoms with E-state index in [2.05, 4.69) is 15.0 Å². The number of benzene rings is 2. The molecule has 1 amide bonds. The number of ether oxygens (including phenoxy) is 1. The highest BCUT2D eigenvalue weighted by Gasteiger charge is 2.29.